The minimum Gasteiger partial charge on any atom is -0.372 e. The number of benzene rings is 2. The summed E-state index contributed by atoms with van der Waals surface area (Å²) in [5.41, 5.74) is 2.52. The van der Waals surface area contributed by atoms with Crippen LogP contribution in [0.3, 0.4) is 0 Å². The van der Waals surface area contributed by atoms with E-state index in [0.29, 0.717) is 10.7 Å². The first kappa shape index (κ1) is 24.0. The molecule has 0 radical (unpaired) electrons. The highest BCUT2D eigenvalue weighted by molar-refractivity contribution is 7.80. The van der Waals surface area contributed by atoms with Gasteiger partial charge in [-0.15, -0.1) is 0 Å². The van der Waals surface area contributed by atoms with Gasteiger partial charge in [0, 0.05) is 23.8 Å². The Hall–Kier alpha value is -2.70. The van der Waals surface area contributed by atoms with Crippen molar-refractivity contribution in [3.8, 4) is 0 Å². The van der Waals surface area contributed by atoms with Gasteiger partial charge in [0.1, 0.15) is 5.57 Å². The van der Waals surface area contributed by atoms with Crippen LogP contribution in [-0.2, 0) is 9.59 Å². The Morgan fingerprint density at radius 1 is 0.969 bits per heavy atom. The fourth-order valence-electron chi connectivity index (χ4n) is 3.50. The Bertz CT molecular complexity index is 995. The lowest BCUT2D eigenvalue weighted by Crippen LogP contribution is -2.54. The largest absolute Gasteiger partial charge is 0.372 e. The fourth-order valence-corrected chi connectivity index (χ4v) is 3.91. The molecule has 0 aliphatic carbocycles. The Morgan fingerprint density at radius 2 is 1.56 bits per heavy atom. The zero-order chi connectivity index (χ0) is 23.1. The lowest BCUT2D eigenvalue weighted by Gasteiger charge is -2.29. The summed E-state index contributed by atoms with van der Waals surface area (Å²) < 4.78 is 0. The van der Waals surface area contributed by atoms with Crippen molar-refractivity contribution in [3.63, 3.8) is 0 Å². The molecule has 32 heavy (non-hydrogen) atoms. The number of nitrogens with one attached hydrogen (secondary N) is 1. The van der Waals surface area contributed by atoms with Crippen LogP contribution in [0, 0.1) is 0 Å². The van der Waals surface area contributed by atoms with E-state index in [9.17, 15) is 9.59 Å². The average molecular weight is 470 g/mol. The summed E-state index contributed by atoms with van der Waals surface area (Å²) in [6.07, 6.45) is 6.19. The molecule has 0 bridgehead atoms. The highest BCUT2D eigenvalue weighted by Crippen LogP contribution is 2.24. The number of anilines is 2. The predicted molar refractivity (Wildman–Crippen MR) is 136 cm³/mol. The third kappa shape index (κ3) is 5.75. The lowest BCUT2D eigenvalue weighted by molar-refractivity contribution is -0.122. The molecule has 2 aromatic rings. The molecule has 7 heteroatoms. The van der Waals surface area contributed by atoms with E-state index in [1.165, 1.54) is 4.90 Å². The monoisotopic (exact) mass is 469 g/mol. The van der Waals surface area contributed by atoms with Gasteiger partial charge in [-0.05, 0) is 73.1 Å². The van der Waals surface area contributed by atoms with Crippen molar-refractivity contribution in [2.45, 2.75) is 39.5 Å². The summed E-state index contributed by atoms with van der Waals surface area (Å²) >= 11 is 11.2. The van der Waals surface area contributed by atoms with Crippen molar-refractivity contribution in [1.29, 1.82) is 0 Å². The van der Waals surface area contributed by atoms with Crippen molar-refractivity contribution >= 4 is 58.2 Å². The Balaban J connectivity index is 1.84. The van der Waals surface area contributed by atoms with Crippen molar-refractivity contribution in [3.05, 3.63) is 64.7 Å². The number of amides is 2. The van der Waals surface area contributed by atoms with E-state index in [4.69, 9.17) is 23.8 Å². The van der Waals surface area contributed by atoms with Crippen LogP contribution in [-0.4, -0.2) is 30.0 Å². The van der Waals surface area contributed by atoms with Crippen molar-refractivity contribution < 1.29 is 9.59 Å². The summed E-state index contributed by atoms with van der Waals surface area (Å²) in [7, 11) is 0. The molecule has 1 saturated heterocycles. The van der Waals surface area contributed by atoms with Crippen molar-refractivity contribution in [2.75, 3.05) is 22.9 Å². The highest BCUT2D eigenvalue weighted by Gasteiger charge is 2.34. The van der Waals surface area contributed by atoms with Gasteiger partial charge in [-0.25, -0.2) is 0 Å². The fraction of sp³-hybridized carbons (Fsp3) is 0.320. The van der Waals surface area contributed by atoms with E-state index in [2.05, 4.69) is 24.1 Å². The maximum atomic E-state index is 13.1. The molecular formula is C25H28ClN3O2S. The second-order valence-electron chi connectivity index (χ2n) is 7.72. The number of thiocarbonyl (C=S) groups is 1. The molecule has 3 rings (SSSR count). The first-order valence-electron chi connectivity index (χ1n) is 11.0. The van der Waals surface area contributed by atoms with Crippen LogP contribution in [0.25, 0.3) is 6.08 Å². The number of hydrogen-bond acceptors (Lipinski definition) is 4. The van der Waals surface area contributed by atoms with Crippen molar-refractivity contribution in [2.24, 2.45) is 0 Å². The quantitative estimate of drug-likeness (QED) is 0.296. The molecule has 168 valence electrons. The maximum absolute atomic E-state index is 13.1. The van der Waals surface area contributed by atoms with E-state index in [0.717, 1.165) is 50.0 Å². The van der Waals surface area contributed by atoms with Gasteiger partial charge < -0.3 is 4.90 Å². The Kier molecular flexibility index (Phi) is 8.42. The lowest BCUT2D eigenvalue weighted by atomic mass is 10.1. The van der Waals surface area contributed by atoms with Gasteiger partial charge in [0.2, 0.25) is 0 Å². The molecule has 0 unspecified atom stereocenters. The summed E-state index contributed by atoms with van der Waals surface area (Å²) in [5, 5.41) is 3.21. The van der Waals surface area contributed by atoms with Crippen LogP contribution < -0.4 is 15.1 Å². The zero-order valence-corrected chi connectivity index (χ0v) is 20.0. The van der Waals surface area contributed by atoms with Gasteiger partial charge in [0.15, 0.2) is 5.11 Å². The van der Waals surface area contributed by atoms with Crippen LogP contribution in [0.15, 0.2) is 54.1 Å². The average Bonchev–Trinajstić information content (AvgIpc) is 2.78. The van der Waals surface area contributed by atoms with Gasteiger partial charge in [-0.2, -0.15) is 0 Å². The standard InChI is InChI=1S/C25H28ClN3O2S/c1-3-5-15-28(16-6-4-2)20-11-7-18(8-12-20)17-22-23(30)27-25(32)29(24(22)31)21-13-9-19(26)10-14-21/h7-14,17H,3-6,15-16H2,1-2H3,(H,27,30,32)/b22-17-. The normalized spacial score (nSPS) is 15.3. The second-order valence-corrected chi connectivity index (χ2v) is 8.54. The topological polar surface area (TPSA) is 52.7 Å². The molecule has 2 aromatic carbocycles. The molecule has 1 aliphatic rings. The van der Waals surface area contributed by atoms with Crippen LogP contribution in [0.5, 0.6) is 0 Å². The summed E-state index contributed by atoms with van der Waals surface area (Å²) in [5.74, 6) is -0.959. The van der Waals surface area contributed by atoms with E-state index < -0.39 is 11.8 Å². The summed E-state index contributed by atoms with van der Waals surface area (Å²) in [6.45, 7) is 6.42. The van der Waals surface area contributed by atoms with Gasteiger partial charge in [0.05, 0.1) is 5.69 Å². The Morgan fingerprint density at radius 3 is 2.12 bits per heavy atom. The molecule has 1 N–H and O–H groups in total. The molecule has 0 saturated carbocycles. The third-order valence-electron chi connectivity index (χ3n) is 5.32. The van der Waals surface area contributed by atoms with Gasteiger partial charge in [-0.3, -0.25) is 19.8 Å². The Labute approximate surface area is 200 Å². The molecule has 0 atom stereocenters. The van der Waals surface area contributed by atoms with E-state index >= 15 is 0 Å². The summed E-state index contributed by atoms with van der Waals surface area (Å²) in [6, 6.07) is 14.7. The molecule has 1 fully saturated rings. The predicted octanol–water partition coefficient (Wildman–Crippen LogP) is 5.58. The number of halogens is 1. The highest BCUT2D eigenvalue weighted by atomic mass is 35.5. The smallest absolute Gasteiger partial charge is 0.270 e. The van der Waals surface area contributed by atoms with Crippen LogP contribution in [0.2, 0.25) is 5.02 Å². The van der Waals surface area contributed by atoms with Gasteiger partial charge in [0.25, 0.3) is 11.8 Å². The molecule has 1 aliphatic heterocycles. The van der Waals surface area contributed by atoms with E-state index in [-0.39, 0.29) is 10.7 Å². The SMILES string of the molecule is CCCCN(CCCC)c1ccc(/C=C2/C(=O)NC(=S)N(c3ccc(Cl)cc3)C2=O)cc1. The van der Waals surface area contributed by atoms with Crippen LogP contribution in [0.1, 0.15) is 45.1 Å². The number of hydrogen-bond donors (Lipinski definition) is 1. The molecule has 0 aromatic heterocycles. The van der Waals surface area contributed by atoms with Crippen LogP contribution in [0.4, 0.5) is 11.4 Å². The molecule has 2 amide bonds. The first-order chi connectivity index (χ1) is 15.4. The maximum Gasteiger partial charge on any atom is 0.270 e. The molecule has 0 spiro atoms. The molecule has 5 nitrogen and oxygen atoms in total. The number of unbranched alkanes of at least 4 members (excludes halogenated alkanes) is 2. The third-order valence-corrected chi connectivity index (χ3v) is 5.86. The number of carbonyl (C=O) groups excluding carboxylic acids is 2. The van der Waals surface area contributed by atoms with Gasteiger partial charge in [-0.1, -0.05) is 50.4 Å². The molecule has 1 heterocycles. The molecular weight excluding hydrogens is 442 g/mol. The second kappa shape index (κ2) is 11.2. The zero-order valence-electron chi connectivity index (χ0n) is 18.4. The minimum absolute atomic E-state index is 0.0372. The first-order valence-corrected chi connectivity index (χ1v) is 11.7. The van der Waals surface area contributed by atoms with Crippen LogP contribution >= 0.6 is 23.8 Å². The number of nitrogens with zero attached hydrogens (tertiary/aromatic N) is 2. The van der Waals surface area contributed by atoms with Gasteiger partial charge >= 0.3 is 0 Å². The van der Waals surface area contributed by atoms with Crippen molar-refractivity contribution in [1.82, 2.24) is 5.32 Å². The van der Waals surface area contributed by atoms with E-state index in [1.807, 2.05) is 24.3 Å². The number of rotatable bonds is 9. The minimum atomic E-state index is -0.498. The number of carbonyl (C=O) groups is 2. The van der Waals surface area contributed by atoms with E-state index in [1.54, 1.807) is 30.3 Å². The summed E-state index contributed by atoms with van der Waals surface area (Å²) in [4.78, 5) is 29.3.